The Morgan fingerprint density at radius 2 is 1.06 bits per heavy atom. The Balaban J connectivity index is -0.0000000720. The van der Waals surface area contributed by atoms with Gasteiger partial charge in [0.05, 0.1) is 5.97 Å². The third-order valence-corrected chi connectivity index (χ3v) is 1.25. The number of hydrogen-bond acceptors (Lipinski definition) is 7. The summed E-state index contributed by atoms with van der Waals surface area (Å²) in [5.74, 6) is -5.98. The standard InChI is InChI=1S/C6H8O7.Li.4H2O/c7-3(8)1-6(13,5(11)12)2-4(9)10;;;;;/h13H,1-2H2,(H,7,8)(H,9,10)(H,11,12);;4*1H2/q;+1;;;;/p-3. The maximum atomic E-state index is 10.1. The van der Waals surface area contributed by atoms with E-state index in [1.54, 1.807) is 0 Å². The van der Waals surface area contributed by atoms with Gasteiger partial charge in [-0.2, -0.15) is 0 Å². The second-order valence-electron chi connectivity index (χ2n) is 2.42. The SMILES string of the molecule is O.O.O.O.O=C([O-])CC(O)(CC(=O)[O-])C(=O)[O-].[Li+]. The molecule has 0 saturated heterocycles. The first kappa shape index (κ1) is 36.0. The predicted octanol–water partition coefficient (Wildman–Crippen LogP) is -11.5. The summed E-state index contributed by atoms with van der Waals surface area (Å²) < 4.78 is 0. The molecule has 11 nitrogen and oxygen atoms in total. The Hall–Kier alpha value is -1.19. The summed E-state index contributed by atoms with van der Waals surface area (Å²) >= 11 is 0. The van der Waals surface area contributed by atoms with Crippen molar-refractivity contribution in [2.75, 3.05) is 0 Å². The molecule has 0 rings (SSSR count). The Morgan fingerprint density at radius 3 is 1.17 bits per heavy atom. The molecule has 0 aliphatic rings. The van der Waals surface area contributed by atoms with Gasteiger partial charge in [-0.15, -0.1) is 0 Å². The van der Waals surface area contributed by atoms with Crippen molar-refractivity contribution in [3.63, 3.8) is 0 Å². The van der Waals surface area contributed by atoms with Crippen LogP contribution in [0.3, 0.4) is 0 Å². The largest absolute Gasteiger partial charge is 1.00 e. The third-order valence-electron chi connectivity index (χ3n) is 1.25. The van der Waals surface area contributed by atoms with E-state index in [4.69, 9.17) is 5.11 Å². The number of carboxylic acid groups (broad SMARTS) is 3. The maximum absolute atomic E-state index is 10.1. The van der Waals surface area contributed by atoms with Crippen molar-refractivity contribution >= 4 is 17.9 Å². The predicted molar refractivity (Wildman–Crippen MR) is 43.7 cm³/mol. The summed E-state index contributed by atoms with van der Waals surface area (Å²) in [4.78, 5) is 30.0. The van der Waals surface area contributed by atoms with Gasteiger partial charge in [-0.05, 0) is 0 Å². The molecule has 0 saturated carbocycles. The topological polar surface area (TPSA) is 267 Å². The van der Waals surface area contributed by atoms with Crippen LogP contribution in [-0.2, 0) is 14.4 Å². The zero-order valence-corrected chi connectivity index (χ0v) is 9.31. The molecule has 106 valence electrons. The molecule has 0 aromatic heterocycles. The monoisotopic (exact) mass is 268 g/mol. The van der Waals surface area contributed by atoms with Gasteiger partial charge in [0.25, 0.3) is 0 Å². The van der Waals surface area contributed by atoms with Gasteiger partial charge in [0.1, 0.15) is 5.60 Å². The molecule has 12 heteroatoms. The van der Waals surface area contributed by atoms with Crippen molar-refractivity contribution in [2.24, 2.45) is 0 Å². The number of hydrogen-bond donors (Lipinski definition) is 1. The maximum Gasteiger partial charge on any atom is 1.00 e. The van der Waals surface area contributed by atoms with E-state index < -0.39 is 36.4 Å². The summed E-state index contributed by atoms with van der Waals surface area (Å²) in [5, 5.41) is 38.9. The Labute approximate surface area is 112 Å². The van der Waals surface area contributed by atoms with Crippen molar-refractivity contribution in [2.45, 2.75) is 18.4 Å². The van der Waals surface area contributed by atoms with E-state index in [-0.39, 0.29) is 40.8 Å². The zero-order valence-electron chi connectivity index (χ0n) is 9.31. The number of aliphatic hydroxyl groups is 1. The second kappa shape index (κ2) is 13.9. The minimum atomic E-state index is -2.97. The molecule has 0 spiro atoms. The van der Waals surface area contributed by atoms with Crippen LogP contribution in [0.15, 0.2) is 0 Å². The summed E-state index contributed by atoms with van der Waals surface area (Å²) in [6, 6.07) is 0. The van der Waals surface area contributed by atoms with Gasteiger partial charge < -0.3 is 56.7 Å². The summed E-state index contributed by atoms with van der Waals surface area (Å²) in [7, 11) is 0. The summed E-state index contributed by atoms with van der Waals surface area (Å²) in [5.41, 5.74) is -2.97. The fourth-order valence-electron chi connectivity index (χ4n) is 0.684. The number of carbonyl (C=O) groups excluding carboxylic acids is 3. The van der Waals surface area contributed by atoms with Gasteiger partial charge >= 0.3 is 18.9 Å². The first-order valence-corrected chi connectivity index (χ1v) is 3.11. The molecule has 0 bridgehead atoms. The van der Waals surface area contributed by atoms with Crippen molar-refractivity contribution in [3.05, 3.63) is 0 Å². The number of aliphatic carboxylic acids is 3. The molecular formula is C6H13LiO11-2. The van der Waals surface area contributed by atoms with Crippen LogP contribution in [0.5, 0.6) is 0 Å². The molecule has 0 radical (unpaired) electrons. The number of rotatable bonds is 5. The fourth-order valence-corrected chi connectivity index (χ4v) is 0.684. The van der Waals surface area contributed by atoms with E-state index in [1.807, 2.05) is 0 Å². The number of carboxylic acids is 3. The summed E-state index contributed by atoms with van der Waals surface area (Å²) in [6.07, 6.45) is -2.72. The Bertz CT molecular complexity index is 236. The molecule has 0 aliphatic carbocycles. The third kappa shape index (κ3) is 12.9. The average Bonchev–Trinajstić information content (AvgIpc) is 1.82. The second-order valence-corrected chi connectivity index (χ2v) is 2.42. The van der Waals surface area contributed by atoms with Crippen molar-refractivity contribution < 1.29 is 75.6 Å². The van der Waals surface area contributed by atoms with Gasteiger partial charge in [0, 0.05) is 24.8 Å². The average molecular weight is 268 g/mol. The minimum Gasteiger partial charge on any atom is -0.550 e. The Morgan fingerprint density at radius 1 is 0.833 bits per heavy atom. The van der Waals surface area contributed by atoms with E-state index in [0.717, 1.165) is 0 Å². The first-order valence-electron chi connectivity index (χ1n) is 3.11. The van der Waals surface area contributed by atoms with Crippen LogP contribution in [0.2, 0.25) is 0 Å². The van der Waals surface area contributed by atoms with Crippen LogP contribution in [0, 0.1) is 0 Å². The number of carbonyl (C=O) groups is 3. The van der Waals surface area contributed by atoms with Crippen molar-refractivity contribution in [1.82, 2.24) is 0 Å². The molecular weight excluding hydrogens is 255 g/mol. The molecule has 0 aromatic rings. The van der Waals surface area contributed by atoms with Gasteiger partial charge in [-0.1, -0.05) is 0 Å². The molecule has 0 amide bonds. The molecule has 0 heterocycles. The van der Waals surface area contributed by atoms with Gasteiger partial charge in [-0.25, -0.2) is 0 Å². The van der Waals surface area contributed by atoms with Crippen LogP contribution >= 0.6 is 0 Å². The van der Waals surface area contributed by atoms with Crippen molar-refractivity contribution in [1.29, 1.82) is 0 Å². The Kier molecular flexibility index (Phi) is 27.7. The molecule has 0 unspecified atom stereocenters. The zero-order chi connectivity index (χ0) is 10.6. The molecule has 18 heavy (non-hydrogen) atoms. The molecule has 0 atom stereocenters. The van der Waals surface area contributed by atoms with Crippen LogP contribution in [0.1, 0.15) is 12.8 Å². The normalized spacial score (nSPS) is 7.83. The van der Waals surface area contributed by atoms with E-state index in [2.05, 4.69) is 0 Å². The minimum absolute atomic E-state index is 0. The molecule has 0 fully saturated rings. The first-order chi connectivity index (χ1) is 5.78. The van der Waals surface area contributed by atoms with Gasteiger partial charge in [0.2, 0.25) is 0 Å². The van der Waals surface area contributed by atoms with E-state index in [1.165, 1.54) is 0 Å². The smallest absolute Gasteiger partial charge is 0.550 e. The van der Waals surface area contributed by atoms with E-state index >= 15 is 0 Å². The fraction of sp³-hybridized carbons (Fsp3) is 0.500. The summed E-state index contributed by atoms with van der Waals surface area (Å²) in [6.45, 7) is 0. The van der Waals surface area contributed by atoms with Crippen molar-refractivity contribution in [3.8, 4) is 0 Å². The van der Waals surface area contributed by atoms with Gasteiger partial charge in [-0.3, -0.25) is 0 Å². The quantitative estimate of drug-likeness (QED) is 0.469. The van der Waals surface area contributed by atoms with Crippen LogP contribution in [0.4, 0.5) is 0 Å². The van der Waals surface area contributed by atoms with Crippen LogP contribution < -0.4 is 34.2 Å². The van der Waals surface area contributed by atoms with Crippen LogP contribution in [0.25, 0.3) is 0 Å². The van der Waals surface area contributed by atoms with E-state index in [0.29, 0.717) is 0 Å². The molecule has 0 aromatic carbocycles. The van der Waals surface area contributed by atoms with Crippen LogP contribution in [-0.4, -0.2) is 50.5 Å². The molecule has 9 N–H and O–H groups in total. The van der Waals surface area contributed by atoms with E-state index in [9.17, 15) is 29.7 Å². The molecule has 0 aliphatic heterocycles. The van der Waals surface area contributed by atoms with Gasteiger partial charge in [0.15, 0.2) is 0 Å².